The van der Waals surface area contributed by atoms with Crippen molar-refractivity contribution < 1.29 is 14.1 Å². The number of rotatable bonds is 10. The molecule has 1 aromatic carbocycles. The van der Waals surface area contributed by atoms with Gasteiger partial charge in [0.05, 0.1) is 5.25 Å². The van der Waals surface area contributed by atoms with Crippen LogP contribution in [0.5, 0.6) is 5.75 Å². The molecule has 0 aliphatic heterocycles. The Bertz CT molecular complexity index is 997. The number of carbonyl (C=O) groups excluding carboxylic acids is 1. The number of benzene rings is 1. The van der Waals surface area contributed by atoms with E-state index >= 15 is 0 Å². The molecule has 3 rings (SSSR count). The quantitative estimate of drug-likeness (QED) is 0.461. The lowest BCUT2D eigenvalue weighted by atomic mass is 10.2. The summed E-state index contributed by atoms with van der Waals surface area (Å²) >= 11 is 1.36. The third-order valence-corrected chi connectivity index (χ3v) is 5.65. The molecular formula is C22H29N5O3S. The van der Waals surface area contributed by atoms with Crippen LogP contribution in [0.3, 0.4) is 0 Å². The molecule has 8 nitrogen and oxygen atoms in total. The zero-order chi connectivity index (χ0) is 22.4. The number of anilines is 1. The number of carbonyl (C=O) groups is 1. The summed E-state index contributed by atoms with van der Waals surface area (Å²) in [6.07, 6.45) is 0.992. The zero-order valence-corrected chi connectivity index (χ0v) is 19.4. The third kappa shape index (κ3) is 6.33. The predicted octanol–water partition coefficient (Wildman–Crippen LogP) is 4.49. The SMILES string of the molecule is CCc1ccc(OCc2nnc(SC(C)C(=O)Nc3cc(C)on3)n2CC(C)C)cc1. The van der Waals surface area contributed by atoms with E-state index in [2.05, 4.69) is 53.6 Å². The fraction of sp³-hybridized carbons (Fsp3) is 0.455. The van der Waals surface area contributed by atoms with Crippen molar-refractivity contribution >= 4 is 23.5 Å². The maximum absolute atomic E-state index is 12.5. The Kier molecular flexibility index (Phi) is 7.73. The lowest BCUT2D eigenvalue weighted by Crippen LogP contribution is -2.23. The highest BCUT2D eigenvalue weighted by atomic mass is 32.2. The van der Waals surface area contributed by atoms with E-state index in [1.54, 1.807) is 13.0 Å². The predicted molar refractivity (Wildman–Crippen MR) is 120 cm³/mol. The van der Waals surface area contributed by atoms with Gasteiger partial charge in [-0.1, -0.05) is 49.8 Å². The van der Waals surface area contributed by atoms with Crippen LogP contribution in [0.1, 0.15) is 44.8 Å². The van der Waals surface area contributed by atoms with Crippen molar-refractivity contribution in [3.63, 3.8) is 0 Å². The highest BCUT2D eigenvalue weighted by Crippen LogP contribution is 2.25. The summed E-state index contributed by atoms with van der Waals surface area (Å²) in [5.41, 5.74) is 1.27. The molecule has 9 heteroatoms. The third-order valence-electron chi connectivity index (χ3n) is 4.57. The molecule has 0 radical (unpaired) electrons. The van der Waals surface area contributed by atoms with Gasteiger partial charge in [-0.05, 0) is 43.9 Å². The number of ether oxygens (including phenoxy) is 1. The first-order valence-corrected chi connectivity index (χ1v) is 11.3. The fourth-order valence-electron chi connectivity index (χ4n) is 2.90. The molecule has 166 valence electrons. The van der Waals surface area contributed by atoms with E-state index in [-0.39, 0.29) is 11.2 Å². The van der Waals surface area contributed by atoms with E-state index in [9.17, 15) is 4.79 Å². The largest absolute Gasteiger partial charge is 0.486 e. The lowest BCUT2D eigenvalue weighted by Gasteiger charge is -2.15. The maximum atomic E-state index is 12.5. The first-order chi connectivity index (χ1) is 14.9. The number of nitrogens with one attached hydrogen (secondary N) is 1. The number of nitrogens with zero attached hydrogens (tertiary/aromatic N) is 4. The van der Waals surface area contributed by atoms with Crippen LogP contribution in [0.4, 0.5) is 5.82 Å². The number of thioether (sulfide) groups is 1. The smallest absolute Gasteiger partial charge is 0.238 e. The topological polar surface area (TPSA) is 95.1 Å². The standard InChI is InChI=1S/C22H29N5O3S/c1-6-17-7-9-18(10-8-17)29-13-20-24-25-22(27(20)12-14(2)3)31-16(5)21(28)23-19-11-15(4)30-26-19/h7-11,14,16H,6,12-13H2,1-5H3,(H,23,26,28). The monoisotopic (exact) mass is 443 g/mol. The molecule has 0 fully saturated rings. The second kappa shape index (κ2) is 10.5. The Morgan fingerprint density at radius 3 is 2.58 bits per heavy atom. The van der Waals surface area contributed by atoms with Crippen LogP contribution in [0.2, 0.25) is 0 Å². The van der Waals surface area contributed by atoms with Gasteiger partial charge in [0.15, 0.2) is 16.8 Å². The Morgan fingerprint density at radius 2 is 1.97 bits per heavy atom. The molecule has 0 bridgehead atoms. The van der Waals surface area contributed by atoms with Crippen LogP contribution in [-0.2, 0) is 24.4 Å². The minimum Gasteiger partial charge on any atom is -0.486 e. The van der Waals surface area contributed by atoms with E-state index in [1.807, 2.05) is 23.6 Å². The van der Waals surface area contributed by atoms with Crippen LogP contribution < -0.4 is 10.1 Å². The highest BCUT2D eigenvalue weighted by Gasteiger charge is 2.22. The van der Waals surface area contributed by atoms with Crippen LogP contribution in [-0.4, -0.2) is 31.1 Å². The van der Waals surface area contributed by atoms with Gasteiger partial charge < -0.3 is 19.1 Å². The van der Waals surface area contributed by atoms with Crippen molar-refractivity contribution in [3.05, 3.63) is 47.5 Å². The Balaban J connectivity index is 1.67. The van der Waals surface area contributed by atoms with Crippen molar-refractivity contribution in [2.75, 3.05) is 5.32 Å². The van der Waals surface area contributed by atoms with Crippen molar-refractivity contribution in [3.8, 4) is 5.75 Å². The van der Waals surface area contributed by atoms with Gasteiger partial charge in [0, 0.05) is 12.6 Å². The van der Waals surface area contributed by atoms with Gasteiger partial charge >= 0.3 is 0 Å². The molecule has 0 aliphatic carbocycles. The van der Waals surface area contributed by atoms with E-state index in [1.165, 1.54) is 17.3 Å². The van der Waals surface area contributed by atoms with Gasteiger partial charge in [0.2, 0.25) is 5.91 Å². The number of aryl methyl sites for hydroxylation is 2. The van der Waals surface area contributed by atoms with Crippen molar-refractivity contribution in [2.24, 2.45) is 5.92 Å². The summed E-state index contributed by atoms with van der Waals surface area (Å²) in [5, 5.41) is 15.5. The van der Waals surface area contributed by atoms with Gasteiger partial charge in [-0.2, -0.15) is 0 Å². The first-order valence-electron chi connectivity index (χ1n) is 10.4. The van der Waals surface area contributed by atoms with Gasteiger partial charge in [-0.3, -0.25) is 4.79 Å². The van der Waals surface area contributed by atoms with Crippen molar-refractivity contribution in [1.82, 2.24) is 19.9 Å². The second-order valence-corrected chi connectivity index (χ2v) is 9.07. The maximum Gasteiger partial charge on any atom is 0.238 e. The van der Waals surface area contributed by atoms with E-state index < -0.39 is 0 Å². The van der Waals surface area contributed by atoms with Crippen molar-refractivity contribution in [1.29, 1.82) is 0 Å². The molecule has 0 aliphatic rings. The summed E-state index contributed by atoms with van der Waals surface area (Å²) in [6, 6.07) is 9.74. The molecule has 1 N–H and O–H groups in total. The number of hydrogen-bond acceptors (Lipinski definition) is 7. The van der Waals surface area contributed by atoms with Crippen molar-refractivity contribution in [2.45, 2.75) is 64.6 Å². The molecule has 2 aromatic heterocycles. The molecule has 31 heavy (non-hydrogen) atoms. The molecule has 1 amide bonds. The molecule has 0 saturated carbocycles. The Hall–Kier alpha value is -2.81. The summed E-state index contributed by atoms with van der Waals surface area (Å²) in [7, 11) is 0. The number of hydrogen-bond donors (Lipinski definition) is 1. The molecule has 2 heterocycles. The Morgan fingerprint density at radius 1 is 1.23 bits per heavy atom. The van der Waals surface area contributed by atoms with Crippen LogP contribution >= 0.6 is 11.8 Å². The average molecular weight is 444 g/mol. The highest BCUT2D eigenvalue weighted by molar-refractivity contribution is 8.00. The lowest BCUT2D eigenvalue weighted by molar-refractivity contribution is -0.115. The summed E-state index contributed by atoms with van der Waals surface area (Å²) in [5.74, 6) is 2.78. The molecule has 1 atom stereocenters. The second-order valence-electron chi connectivity index (χ2n) is 7.76. The molecule has 1 unspecified atom stereocenters. The van der Waals surface area contributed by atoms with Crippen LogP contribution in [0.25, 0.3) is 0 Å². The number of aromatic nitrogens is 4. The van der Waals surface area contributed by atoms with Crippen LogP contribution in [0, 0.1) is 12.8 Å². The normalized spacial score (nSPS) is 12.2. The van der Waals surface area contributed by atoms with Gasteiger partial charge in [-0.15, -0.1) is 10.2 Å². The minimum atomic E-state index is -0.387. The fourth-order valence-corrected chi connectivity index (χ4v) is 3.77. The first kappa shape index (κ1) is 22.9. The van der Waals surface area contributed by atoms with Crippen LogP contribution in [0.15, 0.2) is 40.0 Å². The Labute approximate surface area is 186 Å². The van der Waals surface area contributed by atoms with Gasteiger partial charge in [0.1, 0.15) is 18.1 Å². The van der Waals surface area contributed by atoms with E-state index in [0.717, 1.165) is 24.5 Å². The average Bonchev–Trinajstić information content (AvgIpc) is 3.32. The number of amides is 1. The summed E-state index contributed by atoms with van der Waals surface area (Å²) in [6.45, 7) is 11.0. The van der Waals surface area contributed by atoms with Gasteiger partial charge in [0.25, 0.3) is 0 Å². The zero-order valence-electron chi connectivity index (χ0n) is 18.6. The van der Waals surface area contributed by atoms with E-state index in [0.29, 0.717) is 29.3 Å². The molecular weight excluding hydrogens is 414 g/mol. The summed E-state index contributed by atoms with van der Waals surface area (Å²) < 4.78 is 13.0. The molecule has 0 spiro atoms. The van der Waals surface area contributed by atoms with Gasteiger partial charge in [-0.25, -0.2) is 0 Å². The minimum absolute atomic E-state index is 0.175. The molecule has 0 saturated heterocycles. The molecule has 3 aromatic rings. The summed E-state index contributed by atoms with van der Waals surface area (Å²) in [4.78, 5) is 12.5. The van der Waals surface area contributed by atoms with E-state index in [4.69, 9.17) is 9.26 Å².